The van der Waals surface area contributed by atoms with E-state index in [1.165, 1.54) is 12.1 Å². The largest absolute Gasteiger partial charge is 0.351 e. The molecule has 0 amide bonds. The second-order valence-corrected chi connectivity index (χ2v) is 8.28. The summed E-state index contributed by atoms with van der Waals surface area (Å²) in [5.74, 6) is 0.588. The first kappa shape index (κ1) is 21.0. The number of anilines is 1. The topological polar surface area (TPSA) is 54.2 Å². The highest BCUT2D eigenvalue weighted by atomic mass is 32.1. The van der Waals surface area contributed by atoms with E-state index in [0.717, 1.165) is 33.6 Å². The van der Waals surface area contributed by atoms with Gasteiger partial charge in [0.05, 0.1) is 11.6 Å². The molecule has 1 N–H and O–H groups in total. The molecule has 2 heterocycles. The summed E-state index contributed by atoms with van der Waals surface area (Å²) in [7, 11) is 0. The first-order chi connectivity index (χ1) is 16.0. The molecule has 3 aromatic carbocycles. The maximum atomic E-state index is 13.6. The molecule has 0 radical (unpaired) electrons. The number of aryl methyl sites for hydroxylation is 1. The standard InChI is InChI=1S/C26H21FN4OS/c1-16-7-6-8-19(15-16)24-29-25(32-30-24)22-17(2)31(21-9-4-3-5-10-21)26(33)28-23(22)18-11-13-20(27)14-12-18/h3-15,23H,1-2H3,(H,28,33). The molecule has 33 heavy (non-hydrogen) atoms. The number of hydrogen-bond donors (Lipinski definition) is 1. The monoisotopic (exact) mass is 456 g/mol. The molecule has 0 spiro atoms. The Kier molecular flexibility index (Phi) is 5.48. The van der Waals surface area contributed by atoms with Crippen molar-refractivity contribution < 1.29 is 8.91 Å². The van der Waals surface area contributed by atoms with Gasteiger partial charge in [0.1, 0.15) is 5.82 Å². The third-order valence-electron chi connectivity index (χ3n) is 5.64. The van der Waals surface area contributed by atoms with Gasteiger partial charge in [-0.15, -0.1) is 0 Å². The summed E-state index contributed by atoms with van der Waals surface area (Å²) < 4.78 is 19.4. The van der Waals surface area contributed by atoms with E-state index >= 15 is 0 Å². The number of allylic oxidation sites excluding steroid dienone is 1. The minimum absolute atomic E-state index is 0.301. The molecule has 1 aromatic heterocycles. The fraction of sp³-hybridized carbons (Fsp3) is 0.115. The van der Waals surface area contributed by atoms with Crippen molar-refractivity contribution in [2.24, 2.45) is 0 Å². The maximum absolute atomic E-state index is 13.6. The maximum Gasteiger partial charge on any atom is 0.258 e. The van der Waals surface area contributed by atoms with Crippen LogP contribution < -0.4 is 10.2 Å². The molecule has 164 valence electrons. The average molecular weight is 457 g/mol. The highest BCUT2D eigenvalue weighted by Gasteiger charge is 2.34. The summed E-state index contributed by atoms with van der Waals surface area (Å²) in [5, 5.41) is 8.16. The van der Waals surface area contributed by atoms with Crippen LogP contribution >= 0.6 is 12.2 Å². The van der Waals surface area contributed by atoms with Gasteiger partial charge >= 0.3 is 0 Å². The van der Waals surface area contributed by atoms with Crippen LogP contribution in [-0.4, -0.2) is 15.3 Å². The molecule has 1 aliphatic heterocycles. The molecule has 4 aromatic rings. The van der Waals surface area contributed by atoms with E-state index in [4.69, 9.17) is 21.7 Å². The van der Waals surface area contributed by atoms with Crippen LogP contribution in [0.5, 0.6) is 0 Å². The van der Waals surface area contributed by atoms with Crippen molar-refractivity contribution in [1.82, 2.24) is 15.5 Å². The third-order valence-corrected chi connectivity index (χ3v) is 5.94. The Morgan fingerprint density at radius 3 is 2.45 bits per heavy atom. The van der Waals surface area contributed by atoms with Crippen molar-refractivity contribution in [2.45, 2.75) is 19.9 Å². The summed E-state index contributed by atoms with van der Waals surface area (Å²) >= 11 is 5.73. The van der Waals surface area contributed by atoms with Gasteiger partial charge in [0.15, 0.2) is 5.11 Å². The van der Waals surface area contributed by atoms with Gasteiger partial charge in [-0.05, 0) is 62.0 Å². The SMILES string of the molecule is CC1=C(c2nc(-c3cccc(C)c3)no2)C(c2ccc(F)cc2)NC(=S)N1c1ccccc1. The molecule has 0 saturated heterocycles. The fourth-order valence-corrected chi connectivity index (χ4v) is 4.41. The summed E-state index contributed by atoms with van der Waals surface area (Å²) in [6.45, 7) is 3.99. The Balaban J connectivity index is 1.65. The van der Waals surface area contributed by atoms with Gasteiger partial charge in [-0.1, -0.05) is 59.3 Å². The molecule has 0 bridgehead atoms. The van der Waals surface area contributed by atoms with Crippen LogP contribution in [0.25, 0.3) is 17.0 Å². The lowest BCUT2D eigenvalue weighted by Gasteiger charge is -2.37. The summed E-state index contributed by atoms with van der Waals surface area (Å²) in [6, 6.07) is 23.7. The van der Waals surface area contributed by atoms with Crippen LogP contribution in [0.4, 0.5) is 10.1 Å². The molecule has 0 fully saturated rings. The zero-order valence-corrected chi connectivity index (χ0v) is 18.9. The van der Waals surface area contributed by atoms with Gasteiger partial charge in [0.2, 0.25) is 5.82 Å². The lowest BCUT2D eigenvalue weighted by molar-refractivity contribution is 0.404. The van der Waals surface area contributed by atoms with E-state index in [9.17, 15) is 4.39 Å². The number of para-hydroxylation sites is 1. The Labute approximate surface area is 196 Å². The molecule has 0 aliphatic carbocycles. The number of nitrogens with zero attached hydrogens (tertiary/aromatic N) is 3. The van der Waals surface area contributed by atoms with Crippen molar-refractivity contribution in [2.75, 3.05) is 4.90 Å². The van der Waals surface area contributed by atoms with Gasteiger partial charge in [-0.25, -0.2) is 4.39 Å². The van der Waals surface area contributed by atoms with Crippen LogP contribution in [0.2, 0.25) is 0 Å². The molecule has 1 aliphatic rings. The van der Waals surface area contributed by atoms with Crippen molar-refractivity contribution in [3.05, 3.63) is 107 Å². The zero-order valence-electron chi connectivity index (χ0n) is 18.1. The molecule has 1 unspecified atom stereocenters. The minimum atomic E-state index is -0.371. The average Bonchev–Trinajstić information content (AvgIpc) is 3.30. The lowest BCUT2D eigenvalue weighted by Crippen LogP contribution is -2.46. The summed E-state index contributed by atoms with van der Waals surface area (Å²) in [6.07, 6.45) is 0. The quantitative estimate of drug-likeness (QED) is 0.377. The van der Waals surface area contributed by atoms with Gasteiger partial charge < -0.3 is 9.84 Å². The number of benzene rings is 3. The van der Waals surface area contributed by atoms with E-state index in [2.05, 4.69) is 10.5 Å². The van der Waals surface area contributed by atoms with Crippen LogP contribution in [0.15, 0.2) is 89.1 Å². The van der Waals surface area contributed by atoms with Crippen molar-refractivity contribution >= 4 is 28.6 Å². The molecule has 5 nitrogen and oxygen atoms in total. The predicted molar refractivity (Wildman–Crippen MR) is 131 cm³/mol. The van der Waals surface area contributed by atoms with E-state index in [0.29, 0.717) is 16.8 Å². The number of rotatable bonds is 4. The molecule has 5 rings (SSSR count). The highest BCUT2D eigenvalue weighted by Crippen LogP contribution is 2.39. The summed E-state index contributed by atoms with van der Waals surface area (Å²) in [5.41, 5.74) is 5.39. The molecular formula is C26H21FN4OS. The zero-order chi connectivity index (χ0) is 22.9. The Bertz CT molecular complexity index is 1350. The molecule has 7 heteroatoms. The van der Waals surface area contributed by atoms with Crippen molar-refractivity contribution in [3.8, 4) is 11.4 Å². The lowest BCUT2D eigenvalue weighted by atomic mass is 9.94. The van der Waals surface area contributed by atoms with E-state index in [1.54, 1.807) is 12.1 Å². The van der Waals surface area contributed by atoms with Gasteiger partial charge in [-0.2, -0.15) is 4.98 Å². The molecule has 0 saturated carbocycles. The smallest absolute Gasteiger partial charge is 0.258 e. The highest BCUT2D eigenvalue weighted by molar-refractivity contribution is 7.80. The normalized spacial score (nSPS) is 16.2. The van der Waals surface area contributed by atoms with Crippen LogP contribution in [-0.2, 0) is 0 Å². The first-order valence-corrected chi connectivity index (χ1v) is 10.9. The number of aromatic nitrogens is 2. The first-order valence-electron chi connectivity index (χ1n) is 10.5. The van der Waals surface area contributed by atoms with Crippen molar-refractivity contribution in [1.29, 1.82) is 0 Å². The van der Waals surface area contributed by atoms with Gasteiger partial charge in [-0.3, -0.25) is 4.90 Å². The Hall–Kier alpha value is -3.84. The van der Waals surface area contributed by atoms with Crippen LogP contribution in [0.1, 0.15) is 30.0 Å². The molecular weight excluding hydrogens is 435 g/mol. The second-order valence-electron chi connectivity index (χ2n) is 7.90. The van der Waals surface area contributed by atoms with Crippen LogP contribution in [0, 0.1) is 12.7 Å². The van der Waals surface area contributed by atoms with Gasteiger partial charge in [0.25, 0.3) is 5.89 Å². The minimum Gasteiger partial charge on any atom is -0.351 e. The van der Waals surface area contributed by atoms with Gasteiger partial charge in [0, 0.05) is 16.9 Å². The third kappa shape index (κ3) is 4.03. The van der Waals surface area contributed by atoms with E-state index in [1.807, 2.05) is 73.3 Å². The number of nitrogens with one attached hydrogen (secondary N) is 1. The van der Waals surface area contributed by atoms with Crippen LogP contribution in [0.3, 0.4) is 0 Å². The number of thiocarbonyl (C=S) groups is 1. The van der Waals surface area contributed by atoms with E-state index in [-0.39, 0.29) is 11.9 Å². The number of halogens is 1. The van der Waals surface area contributed by atoms with E-state index < -0.39 is 0 Å². The fourth-order valence-electron chi connectivity index (χ4n) is 4.05. The Morgan fingerprint density at radius 2 is 1.73 bits per heavy atom. The molecule has 1 atom stereocenters. The predicted octanol–water partition coefficient (Wildman–Crippen LogP) is 6.05. The Morgan fingerprint density at radius 1 is 0.970 bits per heavy atom. The second kappa shape index (κ2) is 8.60. The summed E-state index contributed by atoms with van der Waals surface area (Å²) in [4.78, 5) is 6.67. The van der Waals surface area contributed by atoms with Crippen molar-refractivity contribution in [3.63, 3.8) is 0 Å². The number of hydrogen-bond acceptors (Lipinski definition) is 4.